The van der Waals surface area contributed by atoms with E-state index in [4.69, 9.17) is 24.9 Å². The third-order valence-electron chi connectivity index (χ3n) is 10.0. The Hall–Kier alpha value is -5.36. The molecule has 1 amide bonds. The lowest BCUT2D eigenvalue weighted by Crippen LogP contribution is -2.22. The van der Waals surface area contributed by atoms with Crippen molar-refractivity contribution < 1.29 is 18.3 Å². The van der Waals surface area contributed by atoms with Gasteiger partial charge in [-0.05, 0) is 90.9 Å². The summed E-state index contributed by atoms with van der Waals surface area (Å²) in [6.45, 7) is 0.686. The lowest BCUT2D eigenvalue weighted by Gasteiger charge is -2.16. The topological polar surface area (TPSA) is 132 Å². The predicted octanol–water partition coefficient (Wildman–Crippen LogP) is 7.31. The summed E-state index contributed by atoms with van der Waals surface area (Å²) in [6.07, 6.45) is 6.55. The van der Waals surface area contributed by atoms with E-state index in [0.717, 1.165) is 74.7 Å². The van der Waals surface area contributed by atoms with Gasteiger partial charge in [-0.2, -0.15) is 0 Å². The third-order valence-corrected chi connectivity index (χ3v) is 11.2. The Labute approximate surface area is 285 Å². The van der Waals surface area contributed by atoms with E-state index in [-0.39, 0.29) is 35.7 Å². The summed E-state index contributed by atoms with van der Waals surface area (Å²) in [5.74, 6) is 1.58. The molecule has 6 aromatic rings. The van der Waals surface area contributed by atoms with Gasteiger partial charge in [0.2, 0.25) is 0 Å². The number of anilines is 2. The smallest absolute Gasteiger partial charge is 0.313 e. The zero-order valence-electron chi connectivity index (χ0n) is 26.7. The minimum absolute atomic E-state index is 0.0377. The number of carbonyl (C=O) groups is 1. The quantitative estimate of drug-likeness (QED) is 0.171. The molecule has 9 rings (SSSR count). The summed E-state index contributed by atoms with van der Waals surface area (Å²) in [7, 11) is 1.71. The number of nitrogen functional groups attached to an aromatic ring is 1. The largest absolute Gasteiger partial charge is 0.496 e. The average molecular weight is 674 g/mol. The van der Waals surface area contributed by atoms with Crippen LogP contribution in [-0.4, -0.2) is 44.6 Å². The molecule has 0 radical (unpaired) electrons. The van der Waals surface area contributed by atoms with Crippen LogP contribution in [0.1, 0.15) is 69.8 Å². The van der Waals surface area contributed by atoms with Crippen LogP contribution < -0.4 is 15.8 Å². The van der Waals surface area contributed by atoms with Crippen LogP contribution in [0.15, 0.2) is 65.2 Å². The number of methoxy groups -OCH3 is 1. The first-order chi connectivity index (χ1) is 24.0. The van der Waals surface area contributed by atoms with Crippen molar-refractivity contribution in [2.75, 3.05) is 24.7 Å². The average Bonchev–Trinajstić information content (AvgIpc) is 3.95. The van der Waals surface area contributed by atoms with E-state index in [1.165, 1.54) is 23.3 Å². The van der Waals surface area contributed by atoms with E-state index < -0.39 is 0 Å². The van der Waals surface area contributed by atoms with Gasteiger partial charge in [-0.25, -0.2) is 9.37 Å². The van der Waals surface area contributed by atoms with Crippen LogP contribution >= 0.6 is 11.3 Å². The molecule has 0 bridgehead atoms. The maximum absolute atomic E-state index is 14.2. The number of rotatable bonds is 8. The number of amides is 1. The molecular formula is C37H32FN7O3S. The number of fused-ring (bicyclic) bond motifs is 5. The van der Waals surface area contributed by atoms with Gasteiger partial charge in [0.15, 0.2) is 0 Å². The Bertz CT molecular complexity index is 2270. The van der Waals surface area contributed by atoms with Crippen molar-refractivity contribution >= 4 is 39.2 Å². The normalized spacial score (nSPS) is 17.8. The van der Waals surface area contributed by atoms with Gasteiger partial charge in [-0.1, -0.05) is 29.4 Å². The third kappa shape index (κ3) is 4.92. The van der Waals surface area contributed by atoms with Crippen molar-refractivity contribution in [2.45, 2.75) is 50.6 Å². The van der Waals surface area contributed by atoms with E-state index in [1.807, 2.05) is 29.3 Å². The van der Waals surface area contributed by atoms with Gasteiger partial charge in [-0.3, -0.25) is 9.78 Å². The van der Waals surface area contributed by atoms with Crippen LogP contribution in [-0.2, 0) is 19.3 Å². The van der Waals surface area contributed by atoms with Gasteiger partial charge >= 0.3 is 6.01 Å². The summed E-state index contributed by atoms with van der Waals surface area (Å²) in [6, 6.07) is 16.7. The maximum Gasteiger partial charge on any atom is 0.313 e. The molecule has 2 aromatic carbocycles. The number of nitrogens with zero attached hydrogens (tertiary/aromatic N) is 5. The van der Waals surface area contributed by atoms with E-state index in [0.29, 0.717) is 30.5 Å². The van der Waals surface area contributed by atoms with Crippen LogP contribution in [0.2, 0.25) is 0 Å². The molecule has 10 nitrogen and oxygen atoms in total. The molecule has 12 heteroatoms. The second-order valence-electron chi connectivity index (χ2n) is 12.7. The highest BCUT2D eigenvalue weighted by molar-refractivity contribution is 7.23. The number of ether oxygens (including phenoxy) is 1. The van der Waals surface area contributed by atoms with Crippen LogP contribution in [0.3, 0.4) is 0 Å². The zero-order chi connectivity index (χ0) is 33.2. The van der Waals surface area contributed by atoms with Crippen LogP contribution in [0.5, 0.6) is 5.75 Å². The summed E-state index contributed by atoms with van der Waals surface area (Å²) in [5, 5.41) is 13.0. The molecule has 0 spiro atoms. The summed E-state index contributed by atoms with van der Waals surface area (Å²) in [4.78, 5) is 27.0. The van der Waals surface area contributed by atoms with E-state index >= 15 is 0 Å². The molecule has 4 aromatic heterocycles. The first kappa shape index (κ1) is 29.8. The van der Waals surface area contributed by atoms with Crippen LogP contribution in [0.25, 0.3) is 32.0 Å². The predicted molar refractivity (Wildman–Crippen MR) is 185 cm³/mol. The number of hydrogen-bond donors (Lipinski definition) is 2. The van der Waals surface area contributed by atoms with Gasteiger partial charge in [0.05, 0.1) is 46.4 Å². The van der Waals surface area contributed by atoms with Crippen molar-refractivity contribution in [1.82, 2.24) is 25.1 Å². The fourth-order valence-electron chi connectivity index (χ4n) is 7.77. The number of nitrogens with two attached hydrogens (primary N) is 1. The van der Waals surface area contributed by atoms with Crippen molar-refractivity contribution in [2.24, 2.45) is 0 Å². The highest BCUT2D eigenvalue weighted by Gasteiger charge is 2.45. The van der Waals surface area contributed by atoms with E-state index in [1.54, 1.807) is 30.6 Å². The zero-order valence-corrected chi connectivity index (χ0v) is 27.5. The Morgan fingerprint density at radius 1 is 1.08 bits per heavy atom. The molecule has 2 aliphatic heterocycles. The molecule has 246 valence electrons. The first-order valence-corrected chi connectivity index (χ1v) is 17.3. The molecule has 1 fully saturated rings. The number of aromatic nitrogens is 4. The first-order valence-electron chi connectivity index (χ1n) is 16.5. The number of hydrogen-bond acceptors (Lipinski definition) is 10. The summed E-state index contributed by atoms with van der Waals surface area (Å²) < 4.78 is 26.2. The Balaban J connectivity index is 1.20. The Morgan fingerprint density at radius 3 is 2.78 bits per heavy atom. The molecule has 2 atom stereocenters. The Kier molecular flexibility index (Phi) is 7.08. The molecular weight excluding hydrogens is 642 g/mol. The number of carbonyl (C=O) groups excluding carboxylic acids is 1. The lowest BCUT2D eigenvalue weighted by atomic mass is 9.93. The monoisotopic (exact) mass is 673 g/mol. The fourth-order valence-corrected chi connectivity index (χ4v) is 8.94. The van der Waals surface area contributed by atoms with Crippen LogP contribution in [0.4, 0.5) is 16.2 Å². The number of halogens is 1. The second kappa shape index (κ2) is 11.7. The minimum Gasteiger partial charge on any atom is -0.496 e. The molecule has 49 heavy (non-hydrogen) atoms. The number of thiophene rings is 1. The van der Waals surface area contributed by atoms with Gasteiger partial charge in [0, 0.05) is 23.2 Å². The molecule has 6 heterocycles. The highest BCUT2D eigenvalue weighted by atomic mass is 32.1. The van der Waals surface area contributed by atoms with Gasteiger partial charge in [-0.15, -0.1) is 16.4 Å². The molecule has 0 unspecified atom stereocenters. The number of nitrogens with one attached hydrogen (secondary N) is 1. The molecule has 1 aliphatic carbocycles. The van der Waals surface area contributed by atoms with Crippen molar-refractivity contribution in [1.29, 1.82) is 0 Å². The summed E-state index contributed by atoms with van der Waals surface area (Å²) >= 11 is 1.57. The summed E-state index contributed by atoms with van der Waals surface area (Å²) in [5.41, 5.74) is 12.8. The van der Waals surface area contributed by atoms with Gasteiger partial charge in [0.25, 0.3) is 11.8 Å². The molecule has 1 saturated heterocycles. The standard InChI is InChI=1S/C37H32FN7O3S/c1-47-27-6-2-4-22-23(27)12-14-24(22)42-34-33-20(15-16-40-34)18-28(49-33)30-29(35-43-44-37(39)48-35)25(13-9-19-7-10-21(38)11-8-19)41-32-26-5-3-17-45(26)36(46)31(30)32/h2,4,6-8,10-11,15-16,18,24,26H,3,5,9,12-14,17H2,1H3,(H2,39,44)(H,40,42)/t24-,26-/m0/s1. The Morgan fingerprint density at radius 2 is 1.96 bits per heavy atom. The second-order valence-corrected chi connectivity index (χ2v) is 13.8. The number of aryl methyl sites for hydroxylation is 2. The number of benzene rings is 2. The molecule has 3 aliphatic rings. The van der Waals surface area contributed by atoms with Gasteiger partial charge in [0.1, 0.15) is 17.4 Å². The van der Waals surface area contributed by atoms with E-state index in [9.17, 15) is 9.18 Å². The van der Waals surface area contributed by atoms with Crippen molar-refractivity contribution in [3.05, 3.63) is 100 Å². The minimum atomic E-state index is -0.284. The van der Waals surface area contributed by atoms with E-state index in [2.05, 4.69) is 27.6 Å². The SMILES string of the molecule is COc1cccc2c1CC[C@@H]2Nc1nccc2cc(-c3c4c(nc(CCc5ccc(F)cc5)c3-c3nnc(N)o3)[C@@H]3CCCN3C4=O)sc12. The van der Waals surface area contributed by atoms with Crippen LogP contribution in [0, 0.1) is 5.82 Å². The highest BCUT2D eigenvalue weighted by Crippen LogP contribution is 2.51. The molecule has 3 N–H and O–H groups in total. The van der Waals surface area contributed by atoms with Gasteiger partial charge < -0.3 is 25.1 Å². The van der Waals surface area contributed by atoms with Crippen molar-refractivity contribution in [3.63, 3.8) is 0 Å². The fraction of sp³-hybridized carbons (Fsp3) is 0.270. The maximum atomic E-state index is 14.2. The lowest BCUT2D eigenvalue weighted by molar-refractivity contribution is 0.0776. The number of pyridine rings is 2. The molecule has 0 saturated carbocycles. The van der Waals surface area contributed by atoms with Crippen molar-refractivity contribution in [3.8, 4) is 27.6 Å².